The standard InChI is InChI=1S/C24H26BrNO2/c1-17(2)19-6-10-21(11-7-19)27-15-18(3)20-8-12-22(13-9-20)28-16-24-23(25)5-4-14-26-24/h4-14,17-18H,15-16H2,1-3H3. The molecule has 2 aromatic carbocycles. The Morgan fingerprint density at radius 1 is 0.821 bits per heavy atom. The summed E-state index contributed by atoms with van der Waals surface area (Å²) in [5, 5.41) is 0. The van der Waals surface area contributed by atoms with Gasteiger partial charge in [-0.3, -0.25) is 4.98 Å². The summed E-state index contributed by atoms with van der Waals surface area (Å²) in [7, 11) is 0. The van der Waals surface area contributed by atoms with E-state index in [1.165, 1.54) is 11.1 Å². The van der Waals surface area contributed by atoms with E-state index >= 15 is 0 Å². The number of pyridine rings is 1. The van der Waals surface area contributed by atoms with Gasteiger partial charge in [-0.05, 0) is 69.4 Å². The van der Waals surface area contributed by atoms with E-state index in [0.717, 1.165) is 21.7 Å². The van der Waals surface area contributed by atoms with E-state index in [2.05, 4.69) is 78.1 Å². The predicted molar refractivity (Wildman–Crippen MR) is 117 cm³/mol. The van der Waals surface area contributed by atoms with Gasteiger partial charge >= 0.3 is 0 Å². The first-order chi connectivity index (χ1) is 13.5. The smallest absolute Gasteiger partial charge is 0.131 e. The molecule has 4 heteroatoms. The fourth-order valence-corrected chi connectivity index (χ4v) is 3.20. The minimum atomic E-state index is 0.295. The van der Waals surface area contributed by atoms with Gasteiger partial charge in [-0.15, -0.1) is 0 Å². The van der Waals surface area contributed by atoms with Crippen LogP contribution >= 0.6 is 15.9 Å². The van der Waals surface area contributed by atoms with Crippen molar-refractivity contribution >= 4 is 15.9 Å². The zero-order valence-corrected chi connectivity index (χ0v) is 18.1. The number of hydrogen-bond acceptors (Lipinski definition) is 3. The number of nitrogens with zero attached hydrogens (tertiary/aromatic N) is 1. The van der Waals surface area contributed by atoms with E-state index in [-0.39, 0.29) is 0 Å². The third kappa shape index (κ3) is 5.59. The maximum atomic E-state index is 5.96. The molecule has 0 fully saturated rings. The van der Waals surface area contributed by atoms with E-state index < -0.39 is 0 Å². The molecule has 0 radical (unpaired) electrons. The lowest BCUT2D eigenvalue weighted by atomic mass is 10.0. The van der Waals surface area contributed by atoms with Crippen molar-refractivity contribution in [2.45, 2.75) is 39.2 Å². The van der Waals surface area contributed by atoms with Crippen LogP contribution in [0.5, 0.6) is 11.5 Å². The molecule has 3 rings (SSSR count). The van der Waals surface area contributed by atoms with Crippen molar-refractivity contribution in [2.75, 3.05) is 6.61 Å². The van der Waals surface area contributed by atoms with Gasteiger partial charge in [0, 0.05) is 16.6 Å². The molecule has 1 heterocycles. The second kappa shape index (κ2) is 9.74. The summed E-state index contributed by atoms with van der Waals surface area (Å²) < 4.78 is 12.8. The van der Waals surface area contributed by atoms with Crippen LogP contribution in [0.1, 0.15) is 49.4 Å². The van der Waals surface area contributed by atoms with Crippen molar-refractivity contribution in [2.24, 2.45) is 0 Å². The molecule has 0 amide bonds. The van der Waals surface area contributed by atoms with Crippen LogP contribution in [0.2, 0.25) is 0 Å². The van der Waals surface area contributed by atoms with Crippen LogP contribution in [0.25, 0.3) is 0 Å². The van der Waals surface area contributed by atoms with Gasteiger partial charge in [0.15, 0.2) is 0 Å². The van der Waals surface area contributed by atoms with Crippen LogP contribution < -0.4 is 9.47 Å². The van der Waals surface area contributed by atoms with Crippen LogP contribution in [-0.4, -0.2) is 11.6 Å². The van der Waals surface area contributed by atoms with Crippen LogP contribution in [0, 0.1) is 0 Å². The third-order valence-corrected chi connectivity index (χ3v) is 5.43. The second-order valence-electron chi connectivity index (χ2n) is 7.23. The predicted octanol–water partition coefficient (Wildman–Crippen LogP) is 6.73. The van der Waals surface area contributed by atoms with Gasteiger partial charge in [0.2, 0.25) is 0 Å². The van der Waals surface area contributed by atoms with Gasteiger partial charge in [-0.2, -0.15) is 0 Å². The second-order valence-corrected chi connectivity index (χ2v) is 8.08. The molecule has 3 nitrogen and oxygen atoms in total. The SMILES string of the molecule is CC(C)c1ccc(OCC(C)c2ccc(OCc3ncccc3Br)cc2)cc1. The highest BCUT2D eigenvalue weighted by molar-refractivity contribution is 9.10. The average Bonchev–Trinajstić information content (AvgIpc) is 2.72. The lowest BCUT2D eigenvalue weighted by Crippen LogP contribution is -2.07. The Morgan fingerprint density at radius 3 is 2.04 bits per heavy atom. The first-order valence-electron chi connectivity index (χ1n) is 9.58. The summed E-state index contributed by atoms with van der Waals surface area (Å²) in [6.07, 6.45) is 1.77. The van der Waals surface area contributed by atoms with Crippen LogP contribution in [0.3, 0.4) is 0 Å². The molecule has 0 N–H and O–H groups in total. The fraction of sp³-hybridized carbons (Fsp3) is 0.292. The van der Waals surface area contributed by atoms with Gasteiger partial charge in [-0.1, -0.05) is 45.0 Å². The molecule has 0 spiro atoms. The number of halogens is 1. The van der Waals surface area contributed by atoms with Crippen molar-refractivity contribution in [3.05, 3.63) is 88.2 Å². The molecule has 1 atom stereocenters. The molecule has 0 aliphatic rings. The zero-order chi connectivity index (χ0) is 19.9. The van der Waals surface area contributed by atoms with Crippen molar-refractivity contribution in [1.82, 2.24) is 4.98 Å². The minimum Gasteiger partial charge on any atom is -0.493 e. The number of aromatic nitrogens is 1. The Labute approximate surface area is 175 Å². The molecule has 1 aromatic heterocycles. The quantitative estimate of drug-likeness (QED) is 0.389. The number of ether oxygens (including phenoxy) is 2. The third-order valence-electron chi connectivity index (χ3n) is 4.71. The molecular weight excluding hydrogens is 414 g/mol. The summed E-state index contributed by atoms with van der Waals surface area (Å²) in [6, 6.07) is 20.4. The number of rotatable bonds is 8. The Kier molecular flexibility index (Phi) is 7.10. The lowest BCUT2D eigenvalue weighted by Gasteiger charge is -2.15. The van der Waals surface area contributed by atoms with E-state index in [4.69, 9.17) is 9.47 Å². The normalized spacial score (nSPS) is 12.0. The van der Waals surface area contributed by atoms with Gasteiger partial charge in [-0.25, -0.2) is 0 Å². The average molecular weight is 440 g/mol. The number of benzene rings is 2. The first-order valence-corrected chi connectivity index (χ1v) is 10.4. The first kappa shape index (κ1) is 20.4. The van der Waals surface area contributed by atoms with E-state index in [9.17, 15) is 0 Å². The van der Waals surface area contributed by atoms with Gasteiger partial charge in [0.05, 0.1) is 12.3 Å². The molecule has 0 aliphatic carbocycles. The summed E-state index contributed by atoms with van der Waals surface area (Å²) >= 11 is 3.49. The molecular formula is C24H26BrNO2. The summed E-state index contributed by atoms with van der Waals surface area (Å²) in [6.45, 7) is 7.64. The number of hydrogen-bond donors (Lipinski definition) is 0. The largest absolute Gasteiger partial charge is 0.493 e. The van der Waals surface area contributed by atoms with Gasteiger partial charge in [0.1, 0.15) is 18.1 Å². The Balaban J connectivity index is 1.51. The van der Waals surface area contributed by atoms with Gasteiger partial charge < -0.3 is 9.47 Å². The van der Waals surface area contributed by atoms with Crippen molar-refractivity contribution < 1.29 is 9.47 Å². The highest BCUT2D eigenvalue weighted by atomic mass is 79.9. The zero-order valence-electron chi connectivity index (χ0n) is 16.6. The molecule has 146 valence electrons. The van der Waals surface area contributed by atoms with Crippen molar-refractivity contribution in [3.63, 3.8) is 0 Å². The monoisotopic (exact) mass is 439 g/mol. The van der Waals surface area contributed by atoms with E-state index in [0.29, 0.717) is 25.0 Å². The molecule has 1 unspecified atom stereocenters. The molecule has 0 saturated carbocycles. The molecule has 0 aliphatic heterocycles. The van der Waals surface area contributed by atoms with Crippen molar-refractivity contribution in [3.8, 4) is 11.5 Å². The summed E-state index contributed by atoms with van der Waals surface area (Å²) in [5.41, 5.74) is 3.44. The van der Waals surface area contributed by atoms with Crippen LogP contribution in [0.15, 0.2) is 71.3 Å². The van der Waals surface area contributed by atoms with E-state index in [1.807, 2.05) is 24.3 Å². The summed E-state index contributed by atoms with van der Waals surface area (Å²) in [4.78, 5) is 4.32. The molecule has 0 bridgehead atoms. The van der Waals surface area contributed by atoms with Gasteiger partial charge in [0.25, 0.3) is 0 Å². The Morgan fingerprint density at radius 2 is 1.43 bits per heavy atom. The minimum absolute atomic E-state index is 0.295. The van der Waals surface area contributed by atoms with E-state index in [1.54, 1.807) is 6.20 Å². The topological polar surface area (TPSA) is 31.4 Å². The molecule has 28 heavy (non-hydrogen) atoms. The highest BCUT2D eigenvalue weighted by Gasteiger charge is 2.08. The fourth-order valence-electron chi connectivity index (χ4n) is 2.84. The summed E-state index contributed by atoms with van der Waals surface area (Å²) in [5.74, 6) is 2.58. The molecule has 3 aromatic rings. The van der Waals surface area contributed by atoms with Crippen molar-refractivity contribution in [1.29, 1.82) is 0 Å². The Hall–Kier alpha value is -2.33. The Bertz CT molecular complexity index is 876. The lowest BCUT2D eigenvalue weighted by molar-refractivity contribution is 0.293. The van der Waals surface area contributed by atoms with Crippen LogP contribution in [-0.2, 0) is 6.61 Å². The maximum absolute atomic E-state index is 5.96. The maximum Gasteiger partial charge on any atom is 0.131 e. The highest BCUT2D eigenvalue weighted by Crippen LogP contribution is 2.23. The van der Waals surface area contributed by atoms with Crippen LogP contribution in [0.4, 0.5) is 0 Å². The molecule has 0 saturated heterocycles.